The molecule has 0 unspecified atom stereocenters. The average Bonchev–Trinajstić information content (AvgIpc) is 2.92. The molecular formula is C21H25N3O. The molecule has 4 heteroatoms. The Balaban J connectivity index is 1.74. The minimum Gasteiger partial charge on any atom is -0.348 e. The molecule has 0 spiro atoms. The van der Waals surface area contributed by atoms with Crippen molar-refractivity contribution in [3.63, 3.8) is 0 Å². The van der Waals surface area contributed by atoms with Crippen LogP contribution in [-0.2, 0) is 11.3 Å². The van der Waals surface area contributed by atoms with Crippen LogP contribution in [-0.4, -0.2) is 15.5 Å². The number of carbonyl (C=O) groups excluding carboxylic acids is 1. The standard InChI is InChI=1S/C21H25N3O/c1-13-6-7-18(8-14(13)2)17(5)23-21(25)11-24-12-22-19-9-15(3)16(4)10-20(19)24/h6-10,12,17H,11H2,1-5H3,(H,23,25)/t17-/m0/s1. The highest BCUT2D eigenvalue weighted by Crippen LogP contribution is 2.19. The summed E-state index contributed by atoms with van der Waals surface area (Å²) >= 11 is 0. The fourth-order valence-corrected chi connectivity index (χ4v) is 3.00. The van der Waals surface area contributed by atoms with E-state index >= 15 is 0 Å². The molecule has 0 aliphatic rings. The summed E-state index contributed by atoms with van der Waals surface area (Å²) in [6.07, 6.45) is 1.74. The van der Waals surface area contributed by atoms with E-state index in [2.05, 4.69) is 68.3 Å². The number of benzene rings is 2. The minimum absolute atomic E-state index is 0.0109. The molecule has 0 saturated heterocycles. The van der Waals surface area contributed by atoms with Gasteiger partial charge in [-0.25, -0.2) is 4.98 Å². The smallest absolute Gasteiger partial charge is 0.240 e. The third-order valence-electron chi connectivity index (χ3n) is 4.96. The maximum Gasteiger partial charge on any atom is 0.240 e. The molecule has 0 radical (unpaired) electrons. The first kappa shape index (κ1) is 17.2. The van der Waals surface area contributed by atoms with Crippen LogP contribution in [0.5, 0.6) is 0 Å². The van der Waals surface area contributed by atoms with Crippen LogP contribution in [0.1, 0.15) is 40.8 Å². The van der Waals surface area contributed by atoms with Crippen LogP contribution in [0.2, 0.25) is 0 Å². The molecule has 1 atom stereocenters. The third kappa shape index (κ3) is 3.58. The number of rotatable bonds is 4. The van der Waals surface area contributed by atoms with Gasteiger partial charge in [-0.2, -0.15) is 0 Å². The number of amides is 1. The van der Waals surface area contributed by atoms with E-state index in [9.17, 15) is 4.79 Å². The zero-order valence-electron chi connectivity index (χ0n) is 15.6. The number of imidazole rings is 1. The molecular weight excluding hydrogens is 310 g/mol. The molecule has 3 aromatic rings. The van der Waals surface area contributed by atoms with Crippen LogP contribution in [0.4, 0.5) is 0 Å². The molecule has 1 aromatic heterocycles. The summed E-state index contributed by atoms with van der Waals surface area (Å²) in [4.78, 5) is 16.9. The first-order valence-corrected chi connectivity index (χ1v) is 8.63. The van der Waals surface area contributed by atoms with Gasteiger partial charge in [-0.15, -0.1) is 0 Å². The summed E-state index contributed by atoms with van der Waals surface area (Å²) in [6.45, 7) is 10.6. The van der Waals surface area contributed by atoms with Crippen molar-refractivity contribution in [1.82, 2.24) is 14.9 Å². The molecule has 2 aromatic carbocycles. The molecule has 1 amide bonds. The van der Waals surface area contributed by atoms with E-state index in [1.54, 1.807) is 6.33 Å². The second kappa shape index (κ2) is 6.71. The number of hydrogen-bond donors (Lipinski definition) is 1. The Morgan fingerprint density at radius 3 is 2.44 bits per heavy atom. The highest BCUT2D eigenvalue weighted by Gasteiger charge is 2.13. The van der Waals surface area contributed by atoms with E-state index in [-0.39, 0.29) is 18.5 Å². The maximum absolute atomic E-state index is 12.5. The molecule has 1 N–H and O–H groups in total. The molecule has 4 nitrogen and oxygen atoms in total. The summed E-state index contributed by atoms with van der Waals surface area (Å²) in [7, 11) is 0. The van der Waals surface area contributed by atoms with E-state index < -0.39 is 0 Å². The number of nitrogens with zero attached hydrogens (tertiary/aromatic N) is 2. The number of aromatic nitrogens is 2. The molecule has 0 aliphatic heterocycles. The summed E-state index contributed by atoms with van der Waals surface area (Å²) < 4.78 is 1.91. The molecule has 0 bridgehead atoms. The number of carbonyl (C=O) groups is 1. The van der Waals surface area contributed by atoms with Gasteiger partial charge < -0.3 is 9.88 Å². The molecule has 1 heterocycles. The van der Waals surface area contributed by atoms with E-state index in [1.165, 1.54) is 22.3 Å². The van der Waals surface area contributed by atoms with Crippen molar-refractivity contribution < 1.29 is 4.79 Å². The minimum atomic E-state index is -0.0226. The lowest BCUT2D eigenvalue weighted by molar-refractivity contribution is -0.122. The van der Waals surface area contributed by atoms with Crippen molar-refractivity contribution in [2.24, 2.45) is 0 Å². The Morgan fingerprint density at radius 1 is 1.04 bits per heavy atom. The van der Waals surface area contributed by atoms with Gasteiger partial charge in [-0.05, 0) is 74.6 Å². The Hall–Kier alpha value is -2.62. The summed E-state index contributed by atoms with van der Waals surface area (Å²) in [5, 5.41) is 3.08. The van der Waals surface area contributed by atoms with Crippen LogP contribution < -0.4 is 5.32 Å². The van der Waals surface area contributed by atoms with Crippen LogP contribution >= 0.6 is 0 Å². The van der Waals surface area contributed by atoms with Gasteiger partial charge in [0, 0.05) is 0 Å². The van der Waals surface area contributed by atoms with E-state index in [4.69, 9.17) is 0 Å². The first-order chi connectivity index (χ1) is 11.8. The van der Waals surface area contributed by atoms with Crippen LogP contribution in [0, 0.1) is 27.7 Å². The Morgan fingerprint density at radius 2 is 1.72 bits per heavy atom. The molecule has 0 saturated carbocycles. The van der Waals surface area contributed by atoms with Crippen LogP contribution in [0.25, 0.3) is 11.0 Å². The predicted octanol–water partition coefficient (Wildman–Crippen LogP) is 4.15. The van der Waals surface area contributed by atoms with E-state index in [0.29, 0.717) is 0 Å². The monoisotopic (exact) mass is 335 g/mol. The van der Waals surface area contributed by atoms with Gasteiger partial charge in [-0.3, -0.25) is 4.79 Å². The first-order valence-electron chi connectivity index (χ1n) is 8.63. The summed E-state index contributed by atoms with van der Waals surface area (Å²) in [6, 6.07) is 10.5. The van der Waals surface area contributed by atoms with E-state index in [0.717, 1.165) is 16.6 Å². The molecule has 0 fully saturated rings. The van der Waals surface area contributed by atoms with Gasteiger partial charge in [0.1, 0.15) is 6.54 Å². The van der Waals surface area contributed by atoms with Crippen molar-refractivity contribution in [3.8, 4) is 0 Å². The largest absolute Gasteiger partial charge is 0.348 e. The predicted molar refractivity (Wildman–Crippen MR) is 102 cm³/mol. The third-order valence-corrected chi connectivity index (χ3v) is 4.96. The normalized spacial score (nSPS) is 12.4. The van der Waals surface area contributed by atoms with Gasteiger partial charge in [-0.1, -0.05) is 18.2 Å². The van der Waals surface area contributed by atoms with Gasteiger partial charge in [0.25, 0.3) is 0 Å². The highest BCUT2D eigenvalue weighted by molar-refractivity contribution is 5.81. The number of hydrogen-bond acceptors (Lipinski definition) is 2. The number of fused-ring (bicyclic) bond motifs is 1. The Bertz CT molecular complexity index is 940. The van der Waals surface area contributed by atoms with Crippen molar-refractivity contribution in [2.75, 3.05) is 0 Å². The summed E-state index contributed by atoms with van der Waals surface area (Å²) in [5.41, 5.74) is 7.97. The second-order valence-corrected chi connectivity index (χ2v) is 6.93. The fourth-order valence-electron chi connectivity index (χ4n) is 3.00. The average molecular weight is 335 g/mol. The lowest BCUT2D eigenvalue weighted by atomic mass is 10.0. The molecule has 130 valence electrons. The van der Waals surface area contributed by atoms with Crippen molar-refractivity contribution in [1.29, 1.82) is 0 Å². The zero-order chi connectivity index (χ0) is 18.1. The Kier molecular flexibility index (Phi) is 4.62. The van der Waals surface area contributed by atoms with Crippen molar-refractivity contribution in [3.05, 3.63) is 64.5 Å². The van der Waals surface area contributed by atoms with Crippen LogP contribution in [0.3, 0.4) is 0 Å². The quantitative estimate of drug-likeness (QED) is 0.778. The number of nitrogens with one attached hydrogen (secondary N) is 1. The second-order valence-electron chi connectivity index (χ2n) is 6.93. The zero-order valence-corrected chi connectivity index (χ0v) is 15.6. The van der Waals surface area contributed by atoms with E-state index in [1.807, 2.05) is 11.5 Å². The lowest BCUT2D eigenvalue weighted by Crippen LogP contribution is -2.30. The summed E-state index contributed by atoms with van der Waals surface area (Å²) in [5.74, 6) is -0.0109. The maximum atomic E-state index is 12.5. The molecule has 25 heavy (non-hydrogen) atoms. The lowest BCUT2D eigenvalue weighted by Gasteiger charge is -2.16. The van der Waals surface area contributed by atoms with Gasteiger partial charge in [0.2, 0.25) is 5.91 Å². The molecule has 3 rings (SSSR count). The van der Waals surface area contributed by atoms with Gasteiger partial charge in [0.05, 0.1) is 23.4 Å². The molecule has 0 aliphatic carbocycles. The Labute approximate surface area is 148 Å². The SMILES string of the molecule is Cc1ccc([C@H](C)NC(=O)Cn2cnc3cc(C)c(C)cc32)cc1C. The fraction of sp³-hybridized carbons (Fsp3) is 0.333. The van der Waals surface area contributed by atoms with Gasteiger partial charge >= 0.3 is 0 Å². The topological polar surface area (TPSA) is 46.9 Å². The van der Waals surface area contributed by atoms with Crippen LogP contribution in [0.15, 0.2) is 36.7 Å². The highest BCUT2D eigenvalue weighted by atomic mass is 16.2. The van der Waals surface area contributed by atoms with Gasteiger partial charge in [0.15, 0.2) is 0 Å². The van der Waals surface area contributed by atoms with Crippen molar-refractivity contribution in [2.45, 2.75) is 47.2 Å². The van der Waals surface area contributed by atoms with Crippen molar-refractivity contribution >= 4 is 16.9 Å². The number of aryl methyl sites for hydroxylation is 4.